The highest BCUT2D eigenvalue weighted by atomic mass is 32.2. The molecule has 1 aliphatic carbocycles. The van der Waals surface area contributed by atoms with Crippen molar-refractivity contribution in [2.24, 2.45) is 5.92 Å². The summed E-state index contributed by atoms with van der Waals surface area (Å²) < 4.78 is 37.7. The third-order valence-corrected chi connectivity index (χ3v) is 7.01. The number of morpholine rings is 1. The number of carbonyl (C=O) groups excluding carboxylic acids is 2. The first-order valence-electron chi connectivity index (χ1n) is 9.89. The fraction of sp³-hybridized carbons (Fsp3) is 0.600. The molecule has 29 heavy (non-hydrogen) atoms. The predicted molar refractivity (Wildman–Crippen MR) is 106 cm³/mol. The Morgan fingerprint density at radius 1 is 1.17 bits per heavy atom. The topological polar surface area (TPSA) is 102 Å². The van der Waals surface area contributed by atoms with Crippen LogP contribution in [0.4, 0.5) is 0 Å². The van der Waals surface area contributed by atoms with E-state index in [0.717, 1.165) is 12.8 Å². The second-order valence-electron chi connectivity index (χ2n) is 7.87. The van der Waals surface area contributed by atoms with E-state index in [1.807, 2.05) is 20.8 Å². The molecule has 0 spiro atoms. The number of carbonyl (C=O) groups is 2. The molecule has 0 radical (unpaired) electrons. The fourth-order valence-electron chi connectivity index (χ4n) is 3.46. The minimum absolute atomic E-state index is 0.0799. The Kier molecular flexibility index (Phi) is 6.60. The molecule has 1 aliphatic heterocycles. The van der Waals surface area contributed by atoms with Gasteiger partial charge in [-0.25, -0.2) is 13.2 Å². The number of nitrogens with zero attached hydrogens (tertiary/aromatic N) is 1. The van der Waals surface area contributed by atoms with Crippen LogP contribution in [0, 0.1) is 5.92 Å². The second kappa shape index (κ2) is 8.81. The number of hydrogen-bond donors (Lipinski definition) is 1. The van der Waals surface area contributed by atoms with Gasteiger partial charge in [0.2, 0.25) is 10.0 Å². The van der Waals surface area contributed by atoms with Crippen LogP contribution in [0.3, 0.4) is 0 Å². The van der Waals surface area contributed by atoms with E-state index in [9.17, 15) is 18.0 Å². The minimum Gasteiger partial charge on any atom is -0.452 e. The van der Waals surface area contributed by atoms with E-state index >= 15 is 0 Å². The van der Waals surface area contributed by atoms with Crippen molar-refractivity contribution in [2.45, 2.75) is 56.8 Å². The van der Waals surface area contributed by atoms with E-state index in [1.54, 1.807) is 0 Å². The summed E-state index contributed by atoms with van der Waals surface area (Å²) in [5.41, 5.74) is 0.190. The van der Waals surface area contributed by atoms with Crippen LogP contribution in [0.1, 0.15) is 44.0 Å². The fourth-order valence-corrected chi connectivity index (χ4v) is 5.05. The zero-order valence-corrected chi connectivity index (χ0v) is 17.8. The normalized spacial score (nSPS) is 24.0. The maximum Gasteiger partial charge on any atom is 0.338 e. The quantitative estimate of drug-likeness (QED) is 0.667. The van der Waals surface area contributed by atoms with Gasteiger partial charge in [-0.2, -0.15) is 4.31 Å². The number of nitrogens with one attached hydrogen (secondary N) is 1. The summed E-state index contributed by atoms with van der Waals surface area (Å²) in [5.74, 6) is -0.495. The van der Waals surface area contributed by atoms with Crippen LogP contribution >= 0.6 is 0 Å². The Morgan fingerprint density at radius 2 is 1.76 bits per heavy atom. The van der Waals surface area contributed by atoms with Gasteiger partial charge in [0, 0.05) is 19.1 Å². The van der Waals surface area contributed by atoms with Gasteiger partial charge in [-0.3, -0.25) is 4.79 Å². The maximum absolute atomic E-state index is 12.8. The Bertz CT molecular complexity index is 840. The lowest BCUT2D eigenvalue weighted by Crippen LogP contribution is -2.48. The highest BCUT2D eigenvalue weighted by Gasteiger charge is 2.32. The Balaban J connectivity index is 1.57. The predicted octanol–water partition coefficient (Wildman–Crippen LogP) is 1.56. The maximum atomic E-state index is 12.8. The minimum atomic E-state index is -3.67. The van der Waals surface area contributed by atoms with Gasteiger partial charge < -0.3 is 14.8 Å². The molecule has 3 atom stereocenters. The number of hydrogen-bond acceptors (Lipinski definition) is 6. The lowest BCUT2D eigenvalue weighted by molar-refractivity contribution is -0.124. The van der Waals surface area contributed by atoms with Gasteiger partial charge in [-0.1, -0.05) is 0 Å². The largest absolute Gasteiger partial charge is 0.452 e. The molecular weight excluding hydrogens is 396 g/mol. The Labute approximate surface area is 171 Å². The van der Waals surface area contributed by atoms with Crippen LogP contribution in [0.25, 0.3) is 0 Å². The number of benzene rings is 1. The van der Waals surface area contributed by atoms with Crippen LogP contribution < -0.4 is 5.32 Å². The highest BCUT2D eigenvalue weighted by molar-refractivity contribution is 7.89. The second-order valence-corrected chi connectivity index (χ2v) is 9.81. The van der Waals surface area contributed by atoms with Crippen LogP contribution in [-0.4, -0.2) is 62.5 Å². The summed E-state index contributed by atoms with van der Waals surface area (Å²) in [6.07, 6.45) is 1.85. The molecule has 3 rings (SSSR count). The summed E-state index contributed by atoms with van der Waals surface area (Å²) in [4.78, 5) is 24.1. The van der Waals surface area contributed by atoms with Crippen molar-refractivity contribution in [1.29, 1.82) is 0 Å². The zero-order valence-electron chi connectivity index (χ0n) is 17.0. The Morgan fingerprint density at radius 3 is 2.31 bits per heavy atom. The number of ether oxygens (including phenoxy) is 2. The van der Waals surface area contributed by atoms with Crippen LogP contribution in [0.15, 0.2) is 29.2 Å². The molecule has 2 aliphatic rings. The monoisotopic (exact) mass is 424 g/mol. The molecule has 9 heteroatoms. The summed E-state index contributed by atoms with van der Waals surface area (Å²) in [7, 11) is -3.67. The van der Waals surface area contributed by atoms with Crippen LogP contribution in [0.2, 0.25) is 0 Å². The lowest BCUT2D eigenvalue weighted by atomic mass is 10.2. The van der Waals surface area contributed by atoms with Gasteiger partial charge in [0.15, 0.2) is 6.61 Å². The summed E-state index contributed by atoms with van der Waals surface area (Å²) >= 11 is 0. The molecule has 0 aromatic heterocycles. The molecule has 0 bridgehead atoms. The van der Waals surface area contributed by atoms with Crippen molar-refractivity contribution in [3.8, 4) is 0 Å². The zero-order chi connectivity index (χ0) is 21.2. The first kappa shape index (κ1) is 21.7. The lowest BCUT2D eigenvalue weighted by Gasteiger charge is -2.34. The molecule has 160 valence electrons. The summed E-state index contributed by atoms with van der Waals surface area (Å²) in [5, 5.41) is 2.81. The van der Waals surface area contributed by atoms with Crippen molar-refractivity contribution < 1.29 is 27.5 Å². The molecule has 1 saturated carbocycles. The van der Waals surface area contributed by atoms with Gasteiger partial charge >= 0.3 is 5.97 Å². The molecule has 1 aromatic carbocycles. The van der Waals surface area contributed by atoms with Crippen LogP contribution in [0.5, 0.6) is 0 Å². The molecule has 1 amide bonds. The van der Waals surface area contributed by atoms with Gasteiger partial charge in [-0.05, 0) is 63.8 Å². The van der Waals surface area contributed by atoms with Gasteiger partial charge in [-0.15, -0.1) is 0 Å². The molecule has 0 unspecified atom stereocenters. The SMILES string of the molecule is C[C@H](NC(=O)COC(=O)c1ccc(S(=O)(=O)N2C[C@H](C)O[C@@H](C)C2)cc1)C1CC1. The first-order valence-corrected chi connectivity index (χ1v) is 11.3. The van der Waals surface area contributed by atoms with Crippen molar-refractivity contribution in [3.63, 3.8) is 0 Å². The van der Waals surface area contributed by atoms with Crippen molar-refractivity contribution in [3.05, 3.63) is 29.8 Å². The average Bonchev–Trinajstić information content (AvgIpc) is 3.51. The van der Waals surface area contributed by atoms with E-state index < -0.39 is 16.0 Å². The van der Waals surface area contributed by atoms with E-state index in [4.69, 9.17) is 9.47 Å². The molecule has 2 fully saturated rings. The smallest absolute Gasteiger partial charge is 0.338 e. The number of sulfonamides is 1. The number of rotatable bonds is 7. The highest BCUT2D eigenvalue weighted by Crippen LogP contribution is 2.32. The van der Waals surface area contributed by atoms with Crippen LogP contribution in [-0.2, 0) is 24.3 Å². The molecule has 8 nitrogen and oxygen atoms in total. The first-order chi connectivity index (χ1) is 13.7. The molecule has 1 saturated heterocycles. The number of amides is 1. The van der Waals surface area contributed by atoms with Crippen molar-refractivity contribution >= 4 is 21.9 Å². The number of esters is 1. The Hall–Kier alpha value is -1.97. The van der Waals surface area contributed by atoms with Gasteiger partial charge in [0.05, 0.1) is 22.7 Å². The van der Waals surface area contributed by atoms with Crippen molar-refractivity contribution in [2.75, 3.05) is 19.7 Å². The molecule has 1 N–H and O–H groups in total. The third kappa shape index (κ3) is 5.55. The van der Waals surface area contributed by atoms with E-state index in [2.05, 4.69) is 5.32 Å². The molecule has 1 heterocycles. The molecule has 1 aromatic rings. The summed E-state index contributed by atoms with van der Waals surface area (Å²) in [6, 6.07) is 5.63. The van der Waals surface area contributed by atoms with Gasteiger partial charge in [0.25, 0.3) is 5.91 Å². The van der Waals surface area contributed by atoms with Crippen molar-refractivity contribution in [1.82, 2.24) is 9.62 Å². The molecular formula is C20H28N2O6S. The third-order valence-electron chi connectivity index (χ3n) is 5.17. The standard InChI is InChI=1S/C20H28N2O6S/c1-13-10-22(11-14(2)28-13)29(25,26)18-8-6-17(7-9-18)20(24)27-12-19(23)21-15(3)16-4-5-16/h6-9,13-16H,4-5,10-12H2,1-3H3,(H,21,23)/t13-,14-,15-/m0/s1. The van der Waals surface area contributed by atoms with E-state index in [1.165, 1.54) is 28.6 Å². The average molecular weight is 425 g/mol. The summed E-state index contributed by atoms with van der Waals surface area (Å²) in [6.45, 7) is 5.80. The van der Waals surface area contributed by atoms with E-state index in [0.29, 0.717) is 5.92 Å². The van der Waals surface area contributed by atoms with Gasteiger partial charge in [0.1, 0.15) is 0 Å². The van der Waals surface area contributed by atoms with E-state index in [-0.39, 0.29) is 54.3 Å².